The van der Waals surface area contributed by atoms with Crippen LogP contribution in [-0.2, 0) is 13.0 Å². The van der Waals surface area contributed by atoms with Gasteiger partial charge in [0.1, 0.15) is 5.01 Å². The lowest BCUT2D eigenvalue weighted by Gasteiger charge is -2.25. The summed E-state index contributed by atoms with van der Waals surface area (Å²) in [6.07, 6.45) is 2.32. The second kappa shape index (κ2) is 5.73. The molecule has 1 aliphatic rings. The zero-order valence-corrected chi connectivity index (χ0v) is 13.4. The number of halogens is 1. The molecule has 0 amide bonds. The van der Waals surface area contributed by atoms with Crippen molar-refractivity contribution in [2.24, 2.45) is 0 Å². The van der Waals surface area contributed by atoms with Gasteiger partial charge in [-0.25, -0.2) is 4.98 Å². The third kappa shape index (κ3) is 2.76. The van der Waals surface area contributed by atoms with Gasteiger partial charge in [0, 0.05) is 34.4 Å². The highest BCUT2D eigenvalue weighted by atomic mass is 79.9. The molecule has 3 rings (SSSR count). The molecule has 2 aromatic rings. The van der Waals surface area contributed by atoms with Crippen LogP contribution in [0.15, 0.2) is 28.7 Å². The molecule has 4 heteroatoms. The van der Waals surface area contributed by atoms with Crippen LogP contribution in [0.5, 0.6) is 0 Å². The van der Waals surface area contributed by atoms with Crippen molar-refractivity contribution in [3.63, 3.8) is 0 Å². The van der Waals surface area contributed by atoms with Crippen molar-refractivity contribution in [1.82, 2.24) is 9.88 Å². The van der Waals surface area contributed by atoms with Crippen LogP contribution in [0.4, 0.5) is 0 Å². The van der Waals surface area contributed by atoms with Crippen molar-refractivity contribution in [1.29, 1.82) is 0 Å². The van der Waals surface area contributed by atoms with E-state index in [2.05, 4.69) is 46.0 Å². The minimum absolute atomic E-state index is 1.07. The normalized spacial score (nSPS) is 15.5. The molecule has 0 spiro atoms. The Balaban J connectivity index is 1.90. The van der Waals surface area contributed by atoms with Crippen LogP contribution in [0.1, 0.15) is 23.9 Å². The average molecular weight is 337 g/mol. The minimum atomic E-state index is 1.07. The Morgan fingerprint density at radius 2 is 2.21 bits per heavy atom. The second-order valence-corrected chi connectivity index (χ2v) is 6.83. The van der Waals surface area contributed by atoms with E-state index in [0.29, 0.717) is 0 Å². The van der Waals surface area contributed by atoms with Crippen LogP contribution < -0.4 is 0 Å². The number of benzene rings is 1. The van der Waals surface area contributed by atoms with Crippen LogP contribution in [0.2, 0.25) is 0 Å². The second-order valence-electron chi connectivity index (χ2n) is 4.89. The average Bonchev–Trinajstić information content (AvgIpc) is 2.82. The lowest BCUT2D eigenvalue weighted by molar-refractivity contribution is 0.256. The summed E-state index contributed by atoms with van der Waals surface area (Å²) in [6, 6.07) is 8.34. The Morgan fingerprint density at radius 1 is 1.37 bits per heavy atom. The van der Waals surface area contributed by atoms with Crippen molar-refractivity contribution in [2.45, 2.75) is 26.3 Å². The molecule has 0 radical (unpaired) electrons. The molecule has 0 unspecified atom stereocenters. The molecular formula is C15H17BrN2S. The van der Waals surface area contributed by atoms with Gasteiger partial charge in [-0.1, -0.05) is 41.1 Å². The summed E-state index contributed by atoms with van der Waals surface area (Å²) in [6.45, 7) is 5.67. The molecular weight excluding hydrogens is 320 g/mol. The third-order valence-corrected chi connectivity index (χ3v) is 5.26. The Morgan fingerprint density at radius 3 is 3.00 bits per heavy atom. The number of aromatic nitrogens is 1. The predicted molar refractivity (Wildman–Crippen MR) is 84.5 cm³/mol. The van der Waals surface area contributed by atoms with Crippen molar-refractivity contribution in [3.8, 4) is 10.6 Å². The van der Waals surface area contributed by atoms with E-state index < -0.39 is 0 Å². The fraction of sp³-hybridized carbons (Fsp3) is 0.400. The third-order valence-electron chi connectivity index (χ3n) is 3.45. The minimum Gasteiger partial charge on any atom is -0.298 e. The fourth-order valence-corrected chi connectivity index (χ4v) is 4.30. The SMILES string of the molecule is CCCN1CCc2nc(-c3ccccc3Br)sc2C1. The molecule has 19 heavy (non-hydrogen) atoms. The van der Waals surface area contributed by atoms with Gasteiger partial charge in [0.05, 0.1) is 5.69 Å². The summed E-state index contributed by atoms with van der Waals surface area (Å²) < 4.78 is 1.13. The summed E-state index contributed by atoms with van der Waals surface area (Å²) in [5.41, 5.74) is 2.52. The molecule has 1 aliphatic heterocycles. The molecule has 0 N–H and O–H groups in total. The monoisotopic (exact) mass is 336 g/mol. The van der Waals surface area contributed by atoms with Gasteiger partial charge < -0.3 is 0 Å². The lowest BCUT2D eigenvalue weighted by Crippen LogP contribution is -2.30. The first-order valence-corrected chi connectivity index (χ1v) is 8.34. The molecule has 0 saturated heterocycles. The van der Waals surface area contributed by atoms with Crippen LogP contribution in [-0.4, -0.2) is 23.0 Å². The Labute approximate surface area is 126 Å². The van der Waals surface area contributed by atoms with Gasteiger partial charge in [0.15, 0.2) is 0 Å². The standard InChI is InChI=1S/C15H17BrN2S/c1-2-8-18-9-7-13-14(10-18)19-15(17-13)11-5-3-4-6-12(11)16/h3-6H,2,7-10H2,1H3. The smallest absolute Gasteiger partial charge is 0.125 e. The number of hydrogen-bond donors (Lipinski definition) is 0. The highest BCUT2D eigenvalue weighted by molar-refractivity contribution is 9.10. The van der Waals surface area contributed by atoms with Crippen LogP contribution in [0, 0.1) is 0 Å². The van der Waals surface area contributed by atoms with Crippen molar-refractivity contribution < 1.29 is 0 Å². The van der Waals surface area contributed by atoms with Gasteiger partial charge in [0.25, 0.3) is 0 Å². The highest BCUT2D eigenvalue weighted by Crippen LogP contribution is 2.35. The quantitative estimate of drug-likeness (QED) is 0.828. The molecule has 2 heterocycles. The molecule has 1 aromatic heterocycles. The van der Waals surface area contributed by atoms with Crippen molar-refractivity contribution in [3.05, 3.63) is 39.3 Å². The first-order valence-electron chi connectivity index (χ1n) is 6.73. The van der Waals surface area contributed by atoms with E-state index >= 15 is 0 Å². The largest absolute Gasteiger partial charge is 0.298 e. The van der Waals surface area contributed by atoms with Gasteiger partial charge in [-0.3, -0.25) is 4.90 Å². The van der Waals surface area contributed by atoms with Crippen molar-refractivity contribution in [2.75, 3.05) is 13.1 Å². The summed E-state index contributed by atoms with van der Waals surface area (Å²) in [5, 5.41) is 1.15. The summed E-state index contributed by atoms with van der Waals surface area (Å²) in [5.74, 6) is 0. The van der Waals surface area contributed by atoms with Gasteiger partial charge in [0.2, 0.25) is 0 Å². The maximum Gasteiger partial charge on any atom is 0.125 e. The summed E-state index contributed by atoms with van der Waals surface area (Å²) >= 11 is 5.47. The number of nitrogens with zero attached hydrogens (tertiary/aromatic N) is 2. The molecule has 2 nitrogen and oxygen atoms in total. The van der Waals surface area contributed by atoms with Crippen LogP contribution in [0.3, 0.4) is 0 Å². The Bertz CT molecular complexity index is 579. The Kier molecular flexibility index (Phi) is 4.01. The number of fused-ring (bicyclic) bond motifs is 1. The van der Waals surface area contributed by atoms with Crippen LogP contribution >= 0.6 is 27.3 Å². The number of rotatable bonds is 3. The van der Waals surface area contributed by atoms with E-state index in [4.69, 9.17) is 4.98 Å². The lowest BCUT2D eigenvalue weighted by atomic mass is 10.1. The molecule has 1 aromatic carbocycles. The zero-order chi connectivity index (χ0) is 13.2. The van der Waals surface area contributed by atoms with E-state index in [0.717, 1.165) is 29.0 Å². The van der Waals surface area contributed by atoms with E-state index in [1.54, 1.807) is 0 Å². The highest BCUT2D eigenvalue weighted by Gasteiger charge is 2.21. The van der Waals surface area contributed by atoms with E-state index in [-0.39, 0.29) is 0 Å². The van der Waals surface area contributed by atoms with E-state index in [1.165, 1.54) is 29.1 Å². The maximum atomic E-state index is 4.84. The van der Waals surface area contributed by atoms with Gasteiger partial charge in [-0.15, -0.1) is 11.3 Å². The zero-order valence-electron chi connectivity index (χ0n) is 11.0. The Hall–Kier alpha value is -0.710. The van der Waals surface area contributed by atoms with Crippen molar-refractivity contribution >= 4 is 27.3 Å². The molecule has 100 valence electrons. The van der Waals surface area contributed by atoms with Gasteiger partial charge in [-0.2, -0.15) is 0 Å². The predicted octanol–water partition coefficient (Wildman–Crippen LogP) is 4.34. The summed E-state index contributed by atoms with van der Waals surface area (Å²) in [7, 11) is 0. The molecule has 0 bridgehead atoms. The van der Waals surface area contributed by atoms with E-state index in [9.17, 15) is 0 Å². The number of thiazole rings is 1. The summed E-state index contributed by atoms with van der Waals surface area (Å²) in [4.78, 5) is 8.82. The van der Waals surface area contributed by atoms with Gasteiger partial charge in [-0.05, 0) is 19.0 Å². The first-order chi connectivity index (χ1) is 9.28. The van der Waals surface area contributed by atoms with Crippen LogP contribution in [0.25, 0.3) is 10.6 Å². The maximum absolute atomic E-state index is 4.84. The first kappa shape index (κ1) is 13.3. The van der Waals surface area contributed by atoms with E-state index in [1.807, 2.05) is 17.4 Å². The molecule has 0 saturated carbocycles. The molecule has 0 atom stereocenters. The molecule has 0 fully saturated rings. The fourth-order valence-electron chi connectivity index (χ4n) is 2.51. The molecule has 0 aliphatic carbocycles. The number of hydrogen-bond acceptors (Lipinski definition) is 3. The topological polar surface area (TPSA) is 16.1 Å². The van der Waals surface area contributed by atoms with Gasteiger partial charge >= 0.3 is 0 Å².